The molecule has 0 spiro atoms. The first-order valence-electron chi connectivity index (χ1n) is 23.9. The van der Waals surface area contributed by atoms with E-state index >= 15 is 0 Å². The van der Waals surface area contributed by atoms with E-state index in [2.05, 4.69) is 58.4 Å². The summed E-state index contributed by atoms with van der Waals surface area (Å²) in [7, 11) is 0. The van der Waals surface area contributed by atoms with Crippen LogP contribution in [0.5, 0.6) is 11.6 Å². The average Bonchev–Trinajstić information content (AvgIpc) is 3.57. The van der Waals surface area contributed by atoms with Gasteiger partial charge < -0.3 is 61.9 Å². The van der Waals surface area contributed by atoms with Crippen molar-refractivity contribution in [1.29, 1.82) is 0 Å². The van der Waals surface area contributed by atoms with Crippen molar-refractivity contribution in [1.82, 2.24) is 31.1 Å². The number of piperazine rings is 1. The Labute approximate surface area is 395 Å². The summed E-state index contributed by atoms with van der Waals surface area (Å²) >= 11 is 0. The Morgan fingerprint density at radius 2 is 1.66 bits per heavy atom. The third kappa shape index (κ3) is 10.5. The number of carboxylic acids is 1. The monoisotopic (exact) mass is 931 g/mol. The summed E-state index contributed by atoms with van der Waals surface area (Å²) in [4.78, 5) is 59.1. The zero-order valence-corrected chi connectivity index (χ0v) is 38.1. The lowest BCUT2D eigenvalue weighted by atomic mass is 9.68. The molecule has 2 aliphatic carbocycles. The number of carboxylic acid groups (broad SMARTS) is 1. The first-order valence-corrected chi connectivity index (χ1v) is 23.9. The molecule has 68 heavy (non-hydrogen) atoms. The third-order valence-electron chi connectivity index (χ3n) is 14.1. The smallest absolute Gasteiger partial charge is 0.319 e. The molecule has 2 aromatic carbocycles. The number of benzene rings is 2. The zero-order valence-electron chi connectivity index (χ0n) is 38.1. The van der Waals surface area contributed by atoms with Crippen molar-refractivity contribution in [2.75, 3.05) is 53.6 Å². The largest absolute Gasteiger partial charge is 0.488 e. The highest BCUT2D eigenvalue weighted by molar-refractivity contribution is 6.05. The van der Waals surface area contributed by atoms with Gasteiger partial charge in [-0.1, -0.05) is 30.7 Å². The molecule has 2 bridgehead atoms. The van der Waals surface area contributed by atoms with Gasteiger partial charge in [0.1, 0.15) is 29.9 Å². The van der Waals surface area contributed by atoms with Gasteiger partial charge in [-0.2, -0.15) is 0 Å². The summed E-state index contributed by atoms with van der Waals surface area (Å²) < 4.78 is 19.0. The number of primary amides is 1. The van der Waals surface area contributed by atoms with Gasteiger partial charge in [-0.15, -0.1) is 10.2 Å². The number of hydrogen-bond donors (Lipinski definition) is 7. The van der Waals surface area contributed by atoms with Gasteiger partial charge in [0.2, 0.25) is 17.7 Å². The number of nitrogens with one attached hydrogen (secondary N) is 4. The Morgan fingerprint density at radius 3 is 2.37 bits per heavy atom. The SMILES string of the molecule is NC(=O)NCCC[C@H](NC(=O)C1(C(=O)O)CCC1)C(=O)Nc1ccc(COc2ccccc2-c2cc(N3CC4CCC(C3)N4c3ccnc(O[C@H]4C[C@H](OC5CCNCC5)C4)c3)c(N)nn2)cc1. The average molecular weight is 932 g/mol. The number of carbonyl (C=O) groups is 4. The number of piperidine rings is 1. The minimum atomic E-state index is -1.55. The molecule has 5 fully saturated rings. The number of nitrogens with two attached hydrogens (primary N) is 2. The van der Waals surface area contributed by atoms with Crippen LogP contribution in [0.2, 0.25) is 0 Å². The van der Waals surface area contributed by atoms with Crippen LogP contribution in [0.15, 0.2) is 72.9 Å². The van der Waals surface area contributed by atoms with Gasteiger partial charge in [-0.3, -0.25) is 14.4 Å². The van der Waals surface area contributed by atoms with Crippen molar-refractivity contribution < 1.29 is 38.5 Å². The topological polar surface area (TPSA) is 262 Å². The second kappa shape index (κ2) is 20.6. The summed E-state index contributed by atoms with van der Waals surface area (Å²) in [6.07, 6.45) is 10.1. The Kier molecular flexibility index (Phi) is 14.1. The molecule has 2 saturated carbocycles. The second-order valence-corrected chi connectivity index (χ2v) is 18.6. The Morgan fingerprint density at radius 1 is 0.912 bits per heavy atom. The predicted octanol–water partition coefficient (Wildman–Crippen LogP) is 4.36. The predicted molar refractivity (Wildman–Crippen MR) is 254 cm³/mol. The van der Waals surface area contributed by atoms with Crippen molar-refractivity contribution in [3.63, 3.8) is 0 Å². The van der Waals surface area contributed by atoms with E-state index in [4.69, 9.17) is 25.7 Å². The Bertz CT molecular complexity index is 2430. The van der Waals surface area contributed by atoms with E-state index < -0.39 is 35.3 Å². The number of aliphatic carboxylic acids is 1. The summed E-state index contributed by atoms with van der Waals surface area (Å²) in [5.41, 5.74) is 14.8. The molecule has 0 radical (unpaired) electrons. The molecule has 4 amide bonds. The number of pyridine rings is 1. The molecule has 9 N–H and O–H groups in total. The van der Waals surface area contributed by atoms with E-state index in [1.54, 1.807) is 12.1 Å². The number of nitrogens with zero attached hydrogens (tertiary/aromatic N) is 5. The normalized spacial score (nSPS) is 22.2. The van der Waals surface area contributed by atoms with E-state index in [9.17, 15) is 24.3 Å². The number of amides is 4. The fourth-order valence-electron chi connectivity index (χ4n) is 10.1. The highest BCUT2D eigenvalue weighted by Crippen LogP contribution is 2.42. The van der Waals surface area contributed by atoms with Gasteiger partial charge in [-0.05, 0) is 106 Å². The number of aromatic nitrogens is 3. The lowest BCUT2D eigenvalue weighted by molar-refractivity contribution is -0.162. The zero-order chi connectivity index (χ0) is 47.2. The van der Waals surface area contributed by atoms with Crippen molar-refractivity contribution in [2.24, 2.45) is 11.1 Å². The minimum absolute atomic E-state index is 0.119. The quantitative estimate of drug-likeness (QED) is 0.0509. The van der Waals surface area contributed by atoms with Crippen LogP contribution in [0.1, 0.15) is 76.2 Å². The van der Waals surface area contributed by atoms with Crippen molar-refractivity contribution in [2.45, 2.75) is 114 Å². The maximum atomic E-state index is 13.5. The van der Waals surface area contributed by atoms with Crippen LogP contribution in [-0.4, -0.2) is 113 Å². The lowest BCUT2D eigenvalue weighted by Gasteiger charge is -2.43. The number of carbonyl (C=O) groups excluding carboxylic acids is 3. The van der Waals surface area contributed by atoms with Gasteiger partial charge in [0.15, 0.2) is 5.82 Å². The van der Waals surface area contributed by atoms with E-state index in [1.165, 1.54) is 0 Å². The lowest BCUT2D eigenvalue weighted by Crippen LogP contribution is -2.55. The number of para-hydroxylation sites is 1. The summed E-state index contributed by atoms with van der Waals surface area (Å²) in [6.45, 7) is 3.98. The number of hydrogen-bond acceptors (Lipinski definition) is 14. The Balaban J connectivity index is 0.801. The highest BCUT2D eigenvalue weighted by atomic mass is 16.5. The molecule has 3 aliphatic heterocycles. The van der Waals surface area contributed by atoms with Crippen LogP contribution in [-0.2, 0) is 25.7 Å². The molecule has 19 nitrogen and oxygen atoms in total. The number of ether oxygens (including phenoxy) is 3. The van der Waals surface area contributed by atoms with E-state index in [1.807, 2.05) is 48.7 Å². The van der Waals surface area contributed by atoms with Gasteiger partial charge >= 0.3 is 12.0 Å². The molecule has 4 aromatic rings. The standard InChI is InChI=1S/C49H61N11O8/c50-44-41(59-27-33-12-13-34(28-59)60(33)32-14-22-53-43(23-32)68-37-24-36(25-37)67-35-15-20-52-21-16-35)26-40(57-58-44)38-5-1-2-7-42(38)66-29-30-8-10-31(11-9-30)55-45(61)39(6-3-19-54-48(51)65)56-46(62)49(47(63)64)17-4-18-49/h1-2,5,7-11,14,22-23,26,33-37,39,52H,3-4,6,12-13,15-21,24-25,27-29H2,(H2,50,58)(H,55,61)(H,56,62)(H,63,64)(H3,51,54,65)/t33?,34?,36-,37-,39-/m0/s1. The molecule has 5 aliphatic rings. The molecule has 2 aromatic heterocycles. The van der Waals surface area contributed by atoms with Gasteiger partial charge in [0.05, 0.1) is 23.6 Å². The van der Waals surface area contributed by atoms with Crippen LogP contribution in [0.25, 0.3) is 11.3 Å². The first kappa shape index (κ1) is 46.4. The number of urea groups is 1. The molecule has 360 valence electrons. The van der Waals surface area contributed by atoms with E-state index in [0.717, 1.165) is 87.2 Å². The molecule has 3 saturated heterocycles. The number of fused-ring (bicyclic) bond motifs is 2. The van der Waals surface area contributed by atoms with Crippen LogP contribution in [0.4, 0.5) is 27.7 Å². The molecule has 5 heterocycles. The molecular weight excluding hydrogens is 871 g/mol. The maximum Gasteiger partial charge on any atom is 0.319 e. The fourth-order valence-corrected chi connectivity index (χ4v) is 10.1. The molecular formula is C49H61N11O8. The van der Waals surface area contributed by atoms with Gasteiger partial charge in [0.25, 0.3) is 0 Å². The molecule has 2 unspecified atom stereocenters. The van der Waals surface area contributed by atoms with Crippen molar-refractivity contribution in [3.05, 3.63) is 78.5 Å². The van der Waals surface area contributed by atoms with E-state index in [-0.39, 0.29) is 56.7 Å². The van der Waals surface area contributed by atoms with Crippen LogP contribution in [0, 0.1) is 5.41 Å². The third-order valence-corrected chi connectivity index (χ3v) is 14.1. The maximum absolute atomic E-state index is 13.5. The highest BCUT2D eigenvalue weighted by Gasteiger charge is 2.52. The number of nitrogen functional groups attached to an aromatic ring is 1. The van der Waals surface area contributed by atoms with Gasteiger partial charge in [0, 0.05) is 73.8 Å². The van der Waals surface area contributed by atoms with Crippen LogP contribution in [0.3, 0.4) is 0 Å². The minimum Gasteiger partial charge on any atom is -0.488 e. The molecule has 9 rings (SSSR count). The number of anilines is 4. The van der Waals surface area contributed by atoms with Crippen LogP contribution < -0.4 is 52.0 Å². The number of rotatable bonds is 19. The van der Waals surface area contributed by atoms with Crippen molar-refractivity contribution >= 4 is 46.7 Å². The summed E-state index contributed by atoms with van der Waals surface area (Å²) in [6, 6.07) is 19.7. The van der Waals surface area contributed by atoms with Crippen LogP contribution >= 0.6 is 0 Å². The summed E-state index contributed by atoms with van der Waals surface area (Å²) in [5, 5.41) is 30.0. The Hall–Kier alpha value is -6.73. The summed E-state index contributed by atoms with van der Waals surface area (Å²) in [5.74, 6) is -0.792. The van der Waals surface area contributed by atoms with Gasteiger partial charge in [-0.25, -0.2) is 9.78 Å². The fraction of sp³-hybridized carbons (Fsp3) is 0.490. The first-order chi connectivity index (χ1) is 33.0. The molecule has 3 atom stereocenters. The van der Waals surface area contributed by atoms with E-state index in [0.29, 0.717) is 47.8 Å². The second-order valence-electron chi connectivity index (χ2n) is 18.6. The molecule has 19 heteroatoms. The van der Waals surface area contributed by atoms with Crippen molar-refractivity contribution in [3.8, 4) is 22.9 Å².